The zero-order valence-electron chi connectivity index (χ0n) is 7.95. The number of likely N-dealkylation sites (N-methyl/N-ethyl adjacent to an activating group) is 1. The third kappa shape index (κ3) is 1.69. The molecular formula is C8H17N3O. The van der Waals surface area contributed by atoms with Crippen LogP contribution in [-0.2, 0) is 4.74 Å². The smallest absolute Gasteiger partial charge is 0.191 e. The Labute approximate surface area is 73.4 Å². The summed E-state index contributed by atoms with van der Waals surface area (Å²) in [6, 6.07) is 0.407. The first-order valence-corrected chi connectivity index (χ1v) is 4.18. The van der Waals surface area contributed by atoms with E-state index >= 15 is 0 Å². The Morgan fingerprint density at radius 1 is 1.83 bits per heavy atom. The molecule has 12 heavy (non-hydrogen) atoms. The molecule has 2 N–H and O–H groups in total. The molecule has 1 heterocycles. The van der Waals surface area contributed by atoms with E-state index < -0.39 is 0 Å². The molecule has 0 aromatic carbocycles. The number of hydrogen-bond acceptors (Lipinski definition) is 4. The van der Waals surface area contributed by atoms with Gasteiger partial charge >= 0.3 is 0 Å². The van der Waals surface area contributed by atoms with Crippen LogP contribution in [0.5, 0.6) is 0 Å². The molecule has 1 aliphatic heterocycles. The predicted octanol–water partition coefficient (Wildman–Crippen LogP) is -0.102. The molecule has 0 aromatic rings. The Morgan fingerprint density at radius 2 is 2.50 bits per heavy atom. The van der Waals surface area contributed by atoms with Crippen LogP contribution in [0.25, 0.3) is 0 Å². The first kappa shape index (κ1) is 9.32. The third-order valence-electron chi connectivity index (χ3n) is 2.39. The van der Waals surface area contributed by atoms with Crippen molar-refractivity contribution >= 4 is 5.96 Å². The zero-order chi connectivity index (χ0) is 9.14. The van der Waals surface area contributed by atoms with E-state index in [4.69, 9.17) is 10.5 Å². The molecule has 70 valence electrons. The second kappa shape index (κ2) is 3.76. The van der Waals surface area contributed by atoms with Gasteiger partial charge in [-0.1, -0.05) is 6.92 Å². The van der Waals surface area contributed by atoms with Crippen molar-refractivity contribution in [2.75, 3.05) is 27.3 Å². The van der Waals surface area contributed by atoms with Crippen molar-refractivity contribution in [3.63, 3.8) is 0 Å². The van der Waals surface area contributed by atoms with Gasteiger partial charge < -0.3 is 15.4 Å². The monoisotopic (exact) mass is 171 g/mol. The number of rotatable bonds is 3. The summed E-state index contributed by atoms with van der Waals surface area (Å²) in [5.41, 5.74) is 5.64. The van der Waals surface area contributed by atoms with E-state index in [1.807, 2.05) is 11.9 Å². The van der Waals surface area contributed by atoms with Gasteiger partial charge in [0.05, 0.1) is 19.2 Å². The molecule has 1 rings (SSSR count). The largest absolute Gasteiger partial charge is 0.384 e. The summed E-state index contributed by atoms with van der Waals surface area (Å²) in [5.74, 6) is 1.12. The fourth-order valence-electron chi connectivity index (χ4n) is 1.53. The van der Waals surface area contributed by atoms with Crippen molar-refractivity contribution in [3.05, 3.63) is 0 Å². The highest BCUT2D eigenvalue weighted by molar-refractivity contribution is 5.79. The van der Waals surface area contributed by atoms with E-state index in [-0.39, 0.29) is 0 Å². The van der Waals surface area contributed by atoms with Gasteiger partial charge in [0.1, 0.15) is 0 Å². The Morgan fingerprint density at radius 3 is 2.92 bits per heavy atom. The van der Waals surface area contributed by atoms with Crippen LogP contribution in [0.4, 0.5) is 0 Å². The number of nitrogens with two attached hydrogens (primary N) is 1. The SMILES string of the molecule is COCC(C)C1CN=C(N)N1C. The van der Waals surface area contributed by atoms with Crippen molar-refractivity contribution in [1.82, 2.24) is 4.90 Å². The summed E-state index contributed by atoms with van der Waals surface area (Å²) in [4.78, 5) is 6.18. The summed E-state index contributed by atoms with van der Waals surface area (Å²) in [6.07, 6.45) is 0. The standard InChI is InChI=1S/C8H17N3O/c1-6(5-12-3)7-4-10-8(9)11(7)2/h6-7H,4-5H2,1-3H3,(H2,9,10). The number of aliphatic imine (C=N–C) groups is 1. The van der Waals surface area contributed by atoms with E-state index in [0.717, 1.165) is 13.2 Å². The summed E-state index contributed by atoms with van der Waals surface area (Å²) in [7, 11) is 3.69. The Kier molecular flexibility index (Phi) is 2.92. The fourth-order valence-corrected chi connectivity index (χ4v) is 1.53. The van der Waals surface area contributed by atoms with Gasteiger partial charge in [-0.3, -0.25) is 4.99 Å². The van der Waals surface area contributed by atoms with Crippen LogP contribution in [0.1, 0.15) is 6.92 Å². The van der Waals surface area contributed by atoms with E-state index in [2.05, 4.69) is 11.9 Å². The van der Waals surface area contributed by atoms with Gasteiger partial charge in [-0.2, -0.15) is 0 Å². The lowest BCUT2D eigenvalue weighted by Gasteiger charge is -2.26. The predicted molar refractivity (Wildman–Crippen MR) is 49.1 cm³/mol. The van der Waals surface area contributed by atoms with Crippen LogP contribution in [-0.4, -0.2) is 44.2 Å². The maximum atomic E-state index is 5.64. The normalized spacial score (nSPS) is 25.8. The molecule has 0 aliphatic carbocycles. The van der Waals surface area contributed by atoms with Crippen molar-refractivity contribution in [1.29, 1.82) is 0 Å². The molecule has 4 nitrogen and oxygen atoms in total. The molecule has 0 spiro atoms. The lowest BCUT2D eigenvalue weighted by Crippen LogP contribution is -2.42. The summed E-state index contributed by atoms with van der Waals surface area (Å²) in [5, 5.41) is 0. The number of hydrogen-bond donors (Lipinski definition) is 1. The fraction of sp³-hybridized carbons (Fsp3) is 0.875. The molecule has 0 aromatic heterocycles. The lowest BCUT2D eigenvalue weighted by atomic mass is 10.0. The molecule has 0 amide bonds. The van der Waals surface area contributed by atoms with Gasteiger partial charge in [-0.05, 0) is 0 Å². The van der Waals surface area contributed by atoms with Gasteiger partial charge in [-0.25, -0.2) is 0 Å². The molecule has 0 bridgehead atoms. The minimum absolute atomic E-state index is 0.407. The number of nitrogens with zero attached hydrogens (tertiary/aromatic N) is 2. The van der Waals surface area contributed by atoms with Crippen molar-refractivity contribution < 1.29 is 4.74 Å². The topological polar surface area (TPSA) is 50.9 Å². The van der Waals surface area contributed by atoms with Gasteiger partial charge in [0, 0.05) is 20.1 Å². The van der Waals surface area contributed by atoms with Gasteiger partial charge in [0.2, 0.25) is 0 Å². The lowest BCUT2D eigenvalue weighted by molar-refractivity contribution is 0.126. The maximum Gasteiger partial charge on any atom is 0.191 e. The second-order valence-electron chi connectivity index (χ2n) is 3.31. The van der Waals surface area contributed by atoms with Crippen LogP contribution in [0, 0.1) is 5.92 Å². The van der Waals surface area contributed by atoms with E-state index in [9.17, 15) is 0 Å². The minimum Gasteiger partial charge on any atom is -0.384 e. The quantitative estimate of drug-likeness (QED) is 0.645. The molecule has 1 aliphatic rings. The first-order chi connectivity index (χ1) is 5.66. The van der Waals surface area contributed by atoms with Gasteiger partial charge in [0.15, 0.2) is 5.96 Å². The van der Waals surface area contributed by atoms with Crippen molar-refractivity contribution in [2.24, 2.45) is 16.6 Å². The molecule has 2 atom stereocenters. The van der Waals surface area contributed by atoms with Crippen LogP contribution >= 0.6 is 0 Å². The Hall–Kier alpha value is -0.770. The maximum absolute atomic E-state index is 5.64. The average Bonchev–Trinajstić information content (AvgIpc) is 2.34. The number of methoxy groups -OCH3 is 1. The van der Waals surface area contributed by atoms with Crippen LogP contribution < -0.4 is 5.73 Å². The summed E-state index contributed by atoms with van der Waals surface area (Å²) < 4.78 is 5.08. The molecule has 4 heteroatoms. The molecule has 0 fully saturated rings. The summed E-state index contributed by atoms with van der Waals surface area (Å²) >= 11 is 0. The van der Waals surface area contributed by atoms with E-state index in [1.54, 1.807) is 7.11 Å². The summed E-state index contributed by atoms with van der Waals surface area (Å²) in [6.45, 7) is 3.71. The molecule has 0 saturated carbocycles. The van der Waals surface area contributed by atoms with Crippen molar-refractivity contribution in [2.45, 2.75) is 13.0 Å². The Bertz CT molecular complexity index is 181. The molecule has 2 unspecified atom stereocenters. The number of guanidine groups is 1. The van der Waals surface area contributed by atoms with E-state index in [0.29, 0.717) is 17.9 Å². The third-order valence-corrected chi connectivity index (χ3v) is 2.39. The van der Waals surface area contributed by atoms with Crippen molar-refractivity contribution in [3.8, 4) is 0 Å². The average molecular weight is 171 g/mol. The highest BCUT2D eigenvalue weighted by Gasteiger charge is 2.27. The number of ether oxygens (including phenoxy) is 1. The highest BCUT2D eigenvalue weighted by Crippen LogP contribution is 2.14. The van der Waals surface area contributed by atoms with E-state index in [1.165, 1.54) is 0 Å². The van der Waals surface area contributed by atoms with Gasteiger partial charge in [-0.15, -0.1) is 0 Å². The molecule has 0 radical (unpaired) electrons. The first-order valence-electron chi connectivity index (χ1n) is 4.18. The van der Waals surface area contributed by atoms with Crippen LogP contribution in [0.15, 0.2) is 4.99 Å². The van der Waals surface area contributed by atoms with Gasteiger partial charge in [0.25, 0.3) is 0 Å². The molecular weight excluding hydrogens is 154 g/mol. The van der Waals surface area contributed by atoms with Crippen LogP contribution in [0.2, 0.25) is 0 Å². The Balaban J connectivity index is 2.45. The zero-order valence-corrected chi connectivity index (χ0v) is 7.95. The van der Waals surface area contributed by atoms with Crippen LogP contribution in [0.3, 0.4) is 0 Å². The molecule has 0 saturated heterocycles. The second-order valence-corrected chi connectivity index (χ2v) is 3.31. The minimum atomic E-state index is 0.407. The highest BCUT2D eigenvalue weighted by atomic mass is 16.5.